The summed E-state index contributed by atoms with van der Waals surface area (Å²) < 4.78 is 0. The van der Waals surface area contributed by atoms with E-state index in [0.717, 1.165) is 0 Å². The number of aromatic amines is 1. The first-order chi connectivity index (χ1) is 9.40. The fraction of sp³-hybridized carbons (Fsp3) is 0.308. The van der Waals surface area contributed by atoms with E-state index < -0.39 is 17.9 Å². The molecule has 0 saturated heterocycles. The molecule has 6 N–H and O–H groups in total. The molecular formula is C13H17N5O2. The third-order valence-corrected chi connectivity index (χ3v) is 3.06. The molecule has 20 heavy (non-hydrogen) atoms. The summed E-state index contributed by atoms with van der Waals surface area (Å²) >= 11 is 0. The molecule has 0 saturated carbocycles. The number of anilines is 1. The highest BCUT2D eigenvalue weighted by molar-refractivity contribution is 6.06. The lowest BCUT2D eigenvalue weighted by Crippen LogP contribution is -2.47. The molecule has 7 heteroatoms. The van der Waals surface area contributed by atoms with Gasteiger partial charge in [0, 0.05) is 11.1 Å². The number of H-pyrrole nitrogens is 1. The molecule has 2 rings (SSSR count). The van der Waals surface area contributed by atoms with Crippen LogP contribution in [0.3, 0.4) is 0 Å². The van der Waals surface area contributed by atoms with Gasteiger partial charge in [-0.2, -0.15) is 5.10 Å². The van der Waals surface area contributed by atoms with Crippen LogP contribution < -0.4 is 16.8 Å². The third kappa shape index (κ3) is 2.56. The minimum absolute atomic E-state index is 0.105. The summed E-state index contributed by atoms with van der Waals surface area (Å²) in [6, 6.07) is 4.36. The quantitative estimate of drug-likeness (QED) is 0.602. The monoisotopic (exact) mass is 275 g/mol. The lowest BCUT2D eigenvalue weighted by Gasteiger charge is -2.18. The molecule has 1 unspecified atom stereocenters. The van der Waals surface area contributed by atoms with Crippen molar-refractivity contribution < 1.29 is 9.59 Å². The third-order valence-electron chi connectivity index (χ3n) is 3.06. The number of hydrogen-bond acceptors (Lipinski definition) is 4. The smallest absolute Gasteiger partial charge is 0.273 e. The fourth-order valence-corrected chi connectivity index (χ4v) is 1.98. The SMILES string of the molecule is CC(C)C(NC(=O)c1n[nH]c2ccc(N)cc12)C(N)=O. The number of nitrogens with zero attached hydrogens (tertiary/aromatic N) is 1. The summed E-state index contributed by atoms with van der Waals surface area (Å²) in [7, 11) is 0. The van der Waals surface area contributed by atoms with Crippen molar-refractivity contribution >= 4 is 28.4 Å². The van der Waals surface area contributed by atoms with Crippen LogP contribution in [0.1, 0.15) is 24.3 Å². The van der Waals surface area contributed by atoms with Crippen molar-refractivity contribution in [3.05, 3.63) is 23.9 Å². The zero-order chi connectivity index (χ0) is 14.9. The average Bonchev–Trinajstić information content (AvgIpc) is 2.77. The number of nitrogens with one attached hydrogen (secondary N) is 2. The van der Waals surface area contributed by atoms with Gasteiger partial charge >= 0.3 is 0 Å². The van der Waals surface area contributed by atoms with Crippen molar-refractivity contribution in [2.45, 2.75) is 19.9 Å². The van der Waals surface area contributed by atoms with Gasteiger partial charge in [-0.3, -0.25) is 14.7 Å². The van der Waals surface area contributed by atoms with Gasteiger partial charge in [-0.05, 0) is 24.1 Å². The summed E-state index contributed by atoms with van der Waals surface area (Å²) in [5, 5.41) is 9.91. The van der Waals surface area contributed by atoms with E-state index in [1.165, 1.54) is 0 Å². The average molecular weight is 275 g/mol. The van der Waals surface area contributed by atoms with E-state index in [1.54, 1.807) is 32.0 Å². The summed E-state index contributed by atoms with van der Waals surface area (Å²) in [4.78, 5) is 23.5. The van der Waals surface area contributed by atoms with Gasteiger partial charge in [-0.15, -0.1) is 0 Å². The number of nitrogens with two attached hydrogens (primary N) is 2. The highest BCUT2D eigenvalue weighted by Crippen LogP contribution is 2.19. The second-order valence-corrected chi connectivity index (χ2v) is 4.97. The van der Waals surface area contributed by atoms with E-state index in [0.29, 0.717) is 16.6 Å². The molecule has 0 radical (unpaired) electrons. The number of rotatable bonds is 4. The van der Waals surface area contributed by atoms with Crippen LogP contribution in [0, 0.1) is 5.92 Å². The van der Waals surface area contributed by atoms with E-state index in [9.17, 15) is 9.59 Å². The Bertz CT molecular complexity index is 662. The molecule has 7 nitrogen and oxygen atoms in total. The van der Waals surface area contributed by atoms with Crippen LogP contribution in [0.5, 0.6) is 0 Å². The van der Waals surface area contributed by atoms with Crippen LogP contribution in [0.2, 0.25) is 0 Å². The molecule has 1 aromatic heterocycles. The van der Waals surface area contributed by atoms with Crippen LogP contribution in [0.25, 0.3) is 10.9 Å². The van der Waals surface area contributed by atoms with Crippen LogP contribution in [-0.2, 0) is 4.79 Å². The van der Waals surface area contributed by atoms with E-state index in [1.807, 2.05) is 0 Å². The second kappa shape index (κ2) is 5.20. The molecule has 1 heterocycles. The summed E-state index contributed by atoms with van der Waals surface area (Å²) in [5.74, 6) is -1.14. The Balaban J connectivity index is 2.32. The predicted octanol–water partition coefficient (Wildman–Crippen LogP) is 0.385. The van der Waals surface area contributed by atoms with Gasteiger partial charge in [0.1, 0.15) is 6.04 Å². The van der Waals surface area contributed by atoms with Gasteiger partial charge in [-0.1, -0.05) is 13.8 Å². The molecule has 2 aromatic rings. The predicted molar refractivity (Wildman–Crippen MR) is 75.8 cm³/mol. The standard InChI is InChI=1S/C13H17N5O2/c1-6(2)10(12(15)19)16-13(20)11-8-5-7(14)3-4-9(8)17-18-11/h3-6,10H,14H2,1-2H3,(H2,15,19)(H,16,20)(H,17,18). The van der Waals surface area contributed by atoms with Crippen molar-refractivity contribution in [3.8, 4) is 0 Å². The number of aromatic nitrogens is 2. The fourth-order valence-electron chi connectivity index (χ4n) is 1.98. The Morgan fingerprint density at radius 3 is 2.65 bits per heavy atom. The maximum Gasteiger partial charge on any atom is 0.273 e. The minimum Gasteiger partial charge on any atom is -0.399 e. The highest BCUT2D eigenvalue weighted by Gasteiger charge is 2.24. The second-order valence-electron chi connectivity index (χ2n) is 4.97. The Hall–Kier alpha value is -2.57. The first-order valence-corrected chi connectivity index (χ1v) is 6.24. The number of amides is 2. The normalized spacial score (nSPS) is 12.6. The van der Waals surface area contributed by atoms with Crippen molar-refractivity contribution in [2.24, 2.45) is 11.7 Å². The lowest BCUT2D eigenvalue weighted by atomic mass is 10.0. The van der Waals surface area contributed by atoms with Crippen molar-refractivity contribution in [1.29, 1.82) is 0 Å². The first-order valence-electron chi connectivity index (χ1n) is 6.24. The van der Waals surface area contributed by atoms with Gasteiger partial charge in [0.2, 0.25) is 5.91 Å². The molecular weight excluding hydrogens is 258 g/mol. The Labute approximate surface area is 115 Å². The van der Waals surface area contributed by atoms with E-state index >= 15 is 0 Å². The summed E-state index contributed by atoms with van der Waals surface area (Å²) in [6.45, 7) is 3.60. The molecule has 106 valence electrons. The molecule has 1 atom stereocenters. The Morgan fingerprint density at radius 1 is 1.35 bits per heavy atom. The van der Waals surface area contributed by atoms with Gasteiger partial charge in [0.25, 0.3) is 5.91 Å². The van der Waals surface area contributed by atoms with E-state index in [2.05, 4.69) is 15.5 Å². The van der Waals surface area contributed by atoms with Crippen LogP contribution in [0.15, 0.2) is 18.2 Å². The molecule has 0 fully saturated rings. The van der Waals surface area contributed by atoms with Crippen molar-refractivity contribution in [2.75, 3.05) is 5.73 Å². The number of fused-ring (bicyclic) bond motifs is 1. The zero-order valence-electron chi connectivity index (χ0n) is 11.3. The maximum atomic E-state index is 12.2. The minimum atomic E-state index is -0.740. The number of primary amides is 1. The molecule has 0 aliphatic rings. The number of nitrogen functional groups attached to an aromatic ring is 1. The largest absolute Gasteiger partial charge is 0.399 e. The van der Waals surface area contributed by atoms with E-state index in [-0.39, 0.29) is 11.6 Å². The van der Waals surface area contributed by atoms with Crippen LogP contribution >= 0.6 is 0 Å². The van der Waals surface area contributed by atoms with Crippen LogP contribution in [-0.4, -0.2) is 28.1 Å². The molecule has 0 aliphatic carbocycles. The van der Waals surface area contributed by atoms with Crippen molar-refractivity contribution in [1.82, 2.24) is 15.5 Å². The van der Waals surface area contributed by atoms with Gasteiger partial charge in [-0.25, -0.2) is 0 Å². The highest BCUT2D eigenvalue weighted by atomic mass is 16.2. The Morgan fingerprint density at radius 2 is 2.05 bits per heavy atom. The molecule has 0 aliphatic heterocycles. The summed E-state index contributed by atoms with van der Waals surface area (Å²) in [5.41, 5.74) is 12.4. The van der Waals surface area contributed by atoms with Gasteiger partial charge in [0.15, 0.2) is 5.69 Å². The first kappa shape index (κ1) is 13.9. The van der Waals surface area contributed by atoms with Crippen LogP contribution in [0.4, 0.5) is 5.69 Å². The molecule has 0 spiro atoms. The lowest BCUT2D eigenvalue weighted by molar-refractivity contribution is -0.120. The molecule has 1 aromatic carbocycles. The number of benzene rings is 1. The number of carbonyl (C=O) groups is 2. The molecule has 2 amide bonds. The topological polar surface area (TPSA) is 127 Å². The number of hydrogen-bond donors (Lipinski definition) is 4. The van der Waals surface area contributed by atoms with Gasteiger partial charge in [0.05, 0.1) is 5.52 Å². The maximum absolute atomic E-state index is 12.2. The van der Waals surface area contributed by atoms with Gasteiger partial charge < -0.3 is 16.8 Å². The molecule has 0 bridgehead atoms. The zero-order valence-corrected chi connectivity index (χ0v) is 11.3. The summed E-state index contributed by atoms with van der Waals surface area (Å²) in [6.07, 6.45) is 0. The number of carbonyl (C=O) groups excluding carboxylic acids is 2. The van der Waals surface area contributed by atoms with E-state index in [4.69, 9.17) is 11.5 Å². The van der Waals surface area contributed by atoms with Crippen molar-refractivity contribution in [3.63, 3.8) is 0 Å². The Kier molecular flexibility index (Phi) is 3.60.